The normalized spacial score (nSPS) is 21.1. The van der Waals surface area contributed by atoms with Gasteiger partial charge in [0.1, 0.15) is 0 Å². The van der Waals surface area contributed by atoms with E-state index < -0.39 is 20.5 Å². The van der Waals surface area contributed by atoms with E-state index in [0.717, 1.165) is 23.9 Å². The molecule has 2 N–H and O–H groups in total. The minimum atomic E-state index is -3.55. The number of nitrogens with zero attached hydrogens (tertiary/aromatic N) is 1. The first-order valence-corrected chi connectivity index (χ1v) is 11.3. The zero-order valence-electron chi connectivity index (χ0n) is 15.8. The van der Waals surface area contributed by atoms with Crippen LogP contribution in [0.1, 0.15) is 44.2 Å². The zero-order valence-corrected chi connectivity index (χ0v) is 16.6. The molecule has 0 aliphatic carbocycles. The number of hydrogen-bond donors (Lipinski definition) is 2. The number of piperidine rings is 1. The number of benzene rings is 1. The zero-order chi connectivity index (χ0) is 19.7. The maximum Gasteiger partial charge on any atom is 0.242 e. The molecule has 0 saturated carbocycles. The van der Waals surface area contributed by atoms with Crippen molar-refractivity contribution in [2.45, 2.75) is 43.4 Å². The van der Waals surface area contributed by atoms with E-state index in [1.807, 2.05) is 31.2 Å². The number of carbonyl (C=O) groups excluding carboxylic acids is 2. The van der Waals surface area contributed by atoms with E-state index in [1.54, 1.807) is 4.90 Å². The first kappa shape index (κ1) is 19.8. The topological polar surface area (TPSA) is 95.6 Å². The van der Waals surface area contributed by atoms with Gasteiger partial charge in [-0.1, -0.05) is 12.1 Å². The van der Waals surface area contributed by atoms with Crippen molar-refractivity contribution in [2.75, 3.05) is 30.8 Å². The number of amides is 2. The molecule has 148 valence electrons. The van der Waals surface area contributed by atoms with Gasteiger partial charge >= 0.3 is 0 Å². The quantitative estimate of drug-likeness (QED) is 0.783. The Bertz CT molecular complexity index is 831. The lowest BCUT2D eigenvalue weighted by atomic mass is 9.95. The lowest BCUT2D eigenvalue weighted by Gasteiger charge is -2.35. The third-order valence-electron chi connectivity index (χ3n) is 5.64. The monoisotopic (exact) mass is 393 g/mol. The van der Waals surface area contributed by atoms with E-state index >= 15 is 0 Å². The van der Waals surface area contributed by atoms with Crippen LogP contribution < -0.4 is 15.5 Å². The van der Waals surface area contributed by atoms with Crippen LogP contribution in [0.5, 0.6) is 0 Å². The molecule has 2 amide bonds. The molecule has 1 unspecified atom stereocenters. The molecule has 1 aromatic rings. The molecular weight excluding hydrogens is 366 g/mol. The van der Waals surface area contributed by atoms with Gasteiger partial charge in [0, 0.05) is 24.9 Å². The van der Waals surface area contributed by atoms with Gasteiger partial charge in [-0.3, -0.25) is 9.59 Å². The Kier molecular flexibility index (Phi) is 5.58. The van der Waals surface area contributed by atoms with Crippen molar-refractivity contribution in [1.29, 1.82) is 0 Å². The van der Waals surface area contributed by atoms with E-state index in [1.165, 1.54) is 0 Å². The van der Waals surface area contributed by atoms with E-state index in [-0.39, 0.29) is 24.8 Å². The van der Waals surface area contributed by atoms with Crippen LogP contribution in [-0.4, -0.2) is 50.9 Å². The highest BCUT2D eigenvalue weighted by molar-refractivity contribution is 7.92. The standard InChI is InChI=1S/C19H27N3O4S/c1-14(15-5-3-6-16(13-15)22-12-4-7-17(22)23)21-18(24)19(27(2,25)26)8-10-20-11-9-19/h3,5-6,13-14,20H,4,7-12H2,1-2H3,(H,21,24). The minimum absolute atomic E-state index is 0.106. The van der Waals surface area contributed by atoms with Gasteiger partial charge in [-0.25, -0.2) is 8.42 Å². The van der Waals surface area contributed by atoms with Crippen LogP contribution in [0.2, 0.25) is 0 Å². The Hall–Kier alpha value is -1.93. The van der Waals surface area contributed by atoms with Crippen molar-refractivity contribution in [3.8, 4) is 0 Å². The minimum Gasteiger partial charge on any atom is -0.348 e. The van der Waals surface area contributed by atoms with E-state index in [2.05, 4.69) is 10.6 Å². The van der Waals surface area contributed by atoms with Crippen molar-refractivity contribution in [3.05, 3.63) is 29.8 Å². The molecule has 2 saturated heterocycles. The molecule has 2 fully saturated rings. The number of anilines is 1. The number of rotatable bonds is 5. The molecule has 1 atom stereocenters. The highest BCUT2D eigenvalue weighted by atomic mass is 32.2. The Morgan fingerprint density at radius 3 is 2.59 bits per heavy atom. The number of hydrogen-bond acceptors (Lipinski definition) is 5. The number of carbonyl (C=O) groups is 2. The molecule has 2 heterocycles. The Morgan fingerprint density at radius 2 is 2.00 bits per heavy atom. The lowest BCUT2D eigenvalue weighted by molar-refractivity contribution is -0.125. The third kappa shape index (κ3) is 3.87. The van der Waals surface area contributed by atoms with Gasteiger partial charge in [0.05, 0.1) is 6.04 Å². The SMILES string of the molecule is CC(NC(=O)C1(S(C)(=O)=O)CCNCC1)c1cccc(N2CCCC2=O)c1. The van der Waals surface area contributed by atoms with Gasteiger partial charge in [0.25, 0.3) is 0 Å². The van der Waals surface area contributed by atoms with Gasteiger partial charge in [-0.2, -0.15) is 0 Å². The molecule has 3 rings (SSSR count). The molecule has 0 bridgehead atoms. The molecule has 27 heavy (non-hydrogen) atoms. The molecule has 2 aliphatic rings. The summed E-state index contributed by atoms with van der Waals surface area (Å²) in [4.78, 5) is 26.7. The van der Waals surface area contributed by atoms with Gasteiger partial charge in [0.2, 0.25) is 11.8 Å². The molecule has 7 nitrogen and oxygen atoms in total. The highest BCUT2D eigenvalue weighted by Gasteiger charge is 2.48. The molecule has 1 aromatic carbocycles. The van der Waals surface area contributed by atoms with Crippen molar-refractivity contribution in [3.63, 3.8) is 0 Å². The lowest BCUT2D eigenvalue weighted by Crippen LogP contribution is -2.57. The summed E-state index contributed by atoms with van der Waals surface area (Å²) in [6.45, 7) is 3.54. The molecule has 0 spiro atoms. The van der Waals surface area contributed by atoms with Crippen LogP contribution in [0, 0.1) is 0 Å². The maximum absolute atomic E-state index is 13.0. The second-order valence-electron chi connectivity index (χ2n) is 7.46. The Balaban J connectivity index is 1.79. The average Bonchev–Trinajstić information content (AvgIpc) is 3.07. The summed E-state index contributed by atoms with van der Waals surface area (Å²) < 4.78 is 23.4. The molecule has 0 aromatic heterocycles. The Labute approximate surface area is 160 Å². The second kappa shape index (κ2) is 7.59. The summed E-state index contributed by atoms with van der Waals surface area (Å²) in [6, 6.07) is 7.15. The fourth-order valence-electron chi connectivity index (χ4n) is 3.89. The summed E-state index contributed by atoms with van der Waals surface area (Å²) in [5, 5.41) is 6.01. The van der Waals surface area contributed by atoms with E-state index in [0.29, 0.717) is 26.1 Å². The van der Waals surface area contributed by atoms with Gasteiger partial charge in [0.15, 0.2) is 14.6 Å². The second-order valence-corrected chi connectivity index (χ2v) is 9.78. The average molecular weight is 394 g/mol. The third-order valence-corrected chi connectivity index (χ3v) is 7.65. The summed E-state index contributed by atoms with van der Waals surface area (Å²) >= 11 is 0. The van der Waals surface area contributed by atoms with Crippen LogP contribution in [0.3, 0.4) is 0 Å². The first-order chi connectivity index (χ1) is 12.7. The maximum atomic E-state index is 13.0. The van der Waals surface area contributed by atoms with Crippen LogP contribution >= 0.6 is 0 Å². The van der Waals surface area contributed by atoms with Crippen molar-refractivity contribution in [2.24, 2.45) is 0 Å². The summed E-state index contributed by atoms with van der Waals surface area (Å²) in [5.74, 6) is -0.337. The predicted octanol–water partition coefficient (Wildman–Crippen LogP) is 1.16. The molecular formula is C19H27N3O4S. The van der Waals surface area contributed by atoms with Crippen LogP contribution in [-0.2, 0) is 19.4 Å². The summed E-state index contributed by atoms with van der Waals surface area (Å²) in [5.41, 5.74) is 1.66. The fraction of sp³-hybridized carbons (Fsp3) is 0.579. The molecule has 8 heteroatoms. The van der Waals surface area contributed by atoms with Gasteiger partial charge in [-0.15, -0.1) is 0 Å². The highest BCUT2D eigenvalue weighted by Crippen LogP contribution is 2.30. The van der Waals surface area contributed by atoms with Gasteiger partial charge in [-0.05, 0) is 57.0 Å². The predicted molar refractivity (Wildman–Crippen MR) is 104 cm³/mol. The summed E-state index contributed by atoms with van der Waals surface area (Å²) in [6.07, 6.45) is 3.09. The van der Waals surface area contributed by atoms with Gasteiger partial charge < -0.3 is 15.5 Å². The fourth-order valence-corrected chi connectivity index (χ4v) is 5.23. The van der Waals surface area contributed by atoms with Crippen LogP contribution in [0.4, 0.5) is 5.69 Å². The van der Waals surface area contributed by atoms with Crippen LogP contribution in [0.15, 0.2) is 24.3 Å². The molecule has 2 aliphatic heterocycles. The largest absolute Gasteiger partial charge is 0.348 e. The number of nitrogens with one attached hydrogen (secondary N) is 2. The van der Waals surface area contributed by atoms with Crippen molar-refractivity contribution >= 4 is 27.3 Å². The Morgan fingerprint density at radius 1 is 1.30 bits per heavy atom. The van der Waals surface area contributed by atoms with Crippen molar-refractivity contribution < 1.29 is 18.0 Å². The first-order valence-electron chi connectivity index (χ1n) is 9.36. The van der Waals surface area contributed by atoms with E-state index in [4.69, 9.17) is 0 Å². The molecule has 0 radical (unpaired) electrons. The van der Waals surface area contributed by atoms with Crippen LogP contribution in [0.25, 0.3) is 0 Å². The van der Waals surface area contributed by atoms with Crippen molar-refractivity contribution in [1.82, 2.24) is 10.6 Å². The summed E-state index contributed by atoms with van der Waals surface area (Å²) in [7, 11) is -3.55. The van der Waals surface area contributed by atoms with E-state index in [9.17, 15) is 18.0 Å². The number of sulfone groups is 1. The smallest absolute Gasteiger partial charge is 0.242 e.